The molecule has 0 aliphatic carbocycles. The largest absolute Gasteiger partial charge is 0.462 e. The second kappa shape index (κ2) is 51.0. The van der Waals surface area contributed by atoms with Crippen LogP contribution >= 0.6 is 0 Å². The Morgan fingerprint density at radius 1 is 0.339 bits per heavy atom. The number of unbranched alkanes of at least 4 members (excludes halogenated alkanes) is 29. The van der Waals surface area contributed by atoms with Gasteiger partial charge in [0.1, 0.15) is 13.2 Å². The lowest BCUT2D eigenvalue weighted by Crippen LogP contribution is -2.30. The van der Waals surface area contributed by atoms with Gasteiger partial charge >= 0.3 is 17.9 Å². The topological polar surface area (TPSA) is 78.9 Å². The number of rotatable bonds is 48. The van der Waals surface area contributed by atoms with Crippen molar-refractivity contribution >= 4 is 17.9 Å². The Labute approximate surface area is 384 Å². The summed E-state index contributed by atoms with van der Waals surface area (Å²) in [6.07, 6.45) is 61.0. The zero-order chi connectivity index (χ0) is 45.1. The second-order valence-electron chi connectivity index (χ2n) is 17.8. The van der Waals surface area contributed by atoms with Crippen LogP contribution in [-0.2, 0) is 28.6 Å². The molecule has 0 aliphatic heterocycles. The molecular weight excluding hydrogens is 769 g/mol. The molecule has 6 nitrogen and oxygen atoms in total. The standard InChI is InChI=1S/C56H100O6/c1-4-7-10-13-16-19-21-23-25-26-27-28-29-30-32-33-35-37-40-43-46-49-55(58)61-52-53(51-60-54(57)48-45-42-39-18-15-12-9-6-3)62-56(59)50-47-44-41-38-36-34-31-24-22-20-17-14-11-8-5-2/h7,10,16,19,23,25,27-28,53H,4-6,8-9,11-15,17-18,20-22,24,26,29-52H2,1-3H3/b10-7-,19-16-,25-23-,28-27-. The Morgan fingerprint density at radius 3 is 0.984 bits per heavy atom. The first kappa shape index (κ1) is 59.4. The molecule has 0 bridgehead atoms. The van der Waals surface area contributed by atoms with Crippen molar-refractivity contribution in [2.45, 2.75) is 277 Å². The molecule has 0 rings (SSSR count). The highest BCUT2D eigenvalue weighted by molar-refractivity contribution is 5.71. The molecule has 0 aromatic rings. The average molecular weight is 869 g/mol. The molecule has 360 valence electrons. The van der Waals surface area contributed by atoms with Crippen LogP contribution < -0.4 is 0 Å². The summed E-state index contributed by atoms with van der Waals surface area (Å²) in [5, 5.41) is 0. The Bertz CT molecular complexity index is 1090. The number of carbonyl (C=O) groups excluding carboxylic acids is 3. The highest BCUT2D eigenvalue weighted by atomic mass is 16.6. The molecule has 0 heterocycles. The summed E-state index contributed by atoms with van der Waals surface area (Å²) in [4.78, 5) is 37.9. The first-order valence-electron chi connectivity index (χ1n) is 26.6. The number of allylic oxidation sites excluding steroid dienone is 8. The van der Waals surface area contributed by atoms with E-state index in [1.165, 1.54) is 141 Å². The molecule has 0 aromatic heterocycles. The van der Waals surface area contributed by atoms with Crippen molar-refractivity contribution in [1.82, 2.24) is 0 Å². The van der Waals surface area contributed by atoms with Crippen LogP contribution in [0.15, 0.2) is 48.6 Å². The molecule has 0 amide bonds. The average Bonchev–Trinajstić information content (AvgIpc) is 3.27. The third kappa shape index (κ3) is 48.4. The Hall–Kier alpha value is -2.63. The van der Waals surface area contributed by atoms with E-state index in [4.69, 9.17) is 14.2 Å². The van der Waals surface area contributed by atoms with E-state index in [1.54, 1.807) is 0 Å². The quantitative estimate of drug-likeness (QED) is 0.0262. The number of ether oxygens (including phenoxy) is 3. The van der Waals surface area contributed by atoms with Crippen molar-refractivity contribution in [3.8, 4) is 0 Å². The maximum atomic E-state index is 12.8. The molecule has 1 atom stereocenters. The molecule has 1 unspecified atom stereocenters. The van der Waals surface area contributed by atoms with Crippen molar-refractivity contribution in [2.24, 2.45) is 0 Å². The van der Waals surface area contributed by atoms with Crippen molar-refractivity contribution in [3.63, 3.8) is 0 Å². The van der Waals surface area contributed by atoms with Gasteiger partial charge in [-0.1, -0.05) is 243 Å². The summed E-state index contributed by atoms with van der Waals surface area (Å²) in [5.74, 6) is -0.874. The lowest BCUT2D eigenvalue weighted by Gasteiger charge is -2.18. The smallest absolute Gasteiger partial charge is 0.306 e. The highest BCUT2D eigenvalue weighted by Crippen LogP contribution is 2.16. The Morgan fingerprint density at radius 2 is 0.629 bits per heavy atom. The van der Waals surface area contributed by atoms with Gasteiger partial charge in [-0.2, -0.15) is 0 Å². The van der Waals surface area contributed by atoms with Crippen molar-refractivity contribution in [3.05, 3.63) is 48.6 Å². The van der Waals surface area contributed by atoms with Crippen LogP contribution in [0, 0.1) is 0 Å². The van der Waals surface area contributed by atoms with E-state index in [9.17, 15) is 14.4 Å². The molecule has 0 saturated heterocycles. The summed E-state index contributed by atoms with van der Waals surface area (Å²) in [6, 6.07) is 0. The summed E-state index contributed by atoms with van der Waals surface area (Å²) in [6.45, 7) is 6.51. The van der Waals surface area contributed by atoms with Crippen molar-refractivity contribution in [2.75, 3.05) is 13.2 Å². The Kier molecular flexibility index (Phi) is 48.8. The predicted molar refractivity (Wildman–Crippen MR) is 265 cm³/mol. The van der Waals surface area contributed by atoms with Gasteiger partial charge in [-0.25, -0.2) is 0 Å². The lowest BCUT2D eigenvalue weighted by molar-refractivity contribution is -0.167. The fraction of sp³-hybridized carbons (Fsp3) is 0.804. The minimum atomic E-state index is -0.770. The molecule has 0 saturated carbocycles. The molecule has 0 aromatic carbocycles. The van der Waals surface area contributed by atoms with E-state index in [-0.39, 0.29) is 31.1 Å². The monoisotopic (exact) mass is 869 g/mol. The molecule has 0 spiro atoms. The number of hydrogen-bond donors (Lipinski definition) is 0. The number of hydrogen-bond acceptors (Lipinski definition) is 6. The van der Waals surface area contributed by atoms with E-state index < -0.39 is 6.10 Å². The van der Waals surface area contributed by atoms with E-state index in [1.807, 2.05) is 0 Å². The number of esters is 3. The lowest BCUT2D eigenvalue weighted by atomic mass is 10.0. The minimum Gasteiger partial charge on any atom is -0.462 e. The van der Waals surface area contributed by atoms with Gasteiger partial charge in [-0.05, 0) is 57.8 Å². The molecule has 0 fully saturated rings. The molecule has 0 radical (unpaired) electrons. The van der Waals surface area contributed by atoms with Crippen LogP contribution in [-0.4, -0.2) is 37.2 Å². The summed E-state index contributed by atoms with van der Waals surface area (Å²) < 4.78 is 16.8. The van der Waals surface area contributed by atoms with Crippen molar-refractivity contribution in [1.29, 1.82) is 0 Å². The van der Waals surface area contributed by atoms with Gasteiger partial charge in [-0.3, -0.25) is 14.4 Å². The first-order chi connectivity index (χ1) is 30.5. The fourth-order valence-corrected chi connectivity index (χ4v) is 7.61. The van der Waals surface area contributed by atoms with Gasteiger partial charge < -0.3 is 14.2 Å². The van der Waals surface area contributed by atoms with Gasteiger partial charge in [0.25, 0.3) is 0 Å². The van der Waals surface area contributed by atoms with Gasteiger partial charge in [0, 0.05) is 19.3 Å². The summed E-state index contributed by atoms with van der Waals surface area (Å²) >= 11 is 0. The van der Waals surface area contributed by atoms with E-state index in [2.05, 4.69) is 69.4 Å². The third-order valence-corrected chi connectivity index (χ3v) is 11.6. The summed E-state index contributed by atoms with van der Waals surface area (Å²) in [5.41, 5.74) is 0. The number of carbonyl (C=O) groups is 3. The van der Waals surface area contributed by atoms with Crippen molar-refractivity contribution < 1.29 is 28.6 Å². The van der Waals surface area contributed by atoms with E-state index in [0.717, 1.165) is 89.9 Å². The maximum absolute atomic E-state index is 12.8. The van der Waals surface area contributed by atoms with Crippen LogP contribution in [0.4, 0.5) is 0 Å². The van der Waals surface area contributed by atoms with Gasteiger partial charge in [0.2, 0.25) is 0 Å². The molecule has 0 N–H and O–H groups in total. The second-order valence-corrected chi connectivity index (χ2v) is 17.8. The van der Waals surface area contributed by atoms with Crippen LogP contribution in [0.25, 0.3) is 0 Å². The highest BCUT2D eigenvalue weighted by Gasteiger charge is 2.19. The van der Waals surface area contributed by atoms with Crippen LogP contribution in [0.2, 0.25) is 0 Å². The van der Waals surface area contributed by atoms with E-state index >= 15 is 0 Å². The summed E-state index contributed by atoms with van der Waals surface area (Å²) in [7, 11) is 0. The minimum absolute atomic E-state index is 0.0723. The first-order valence-corrected chi connectivity index (χ1v) is 26.6. The fourth-order valence-electron chi connectivity index (χ4n) is 7.61. The zero-order valence-corrected chi connectivity index (χ0v) is 41.1. The van der Waals surface area contributed by atoms with Crippen LogP contribution in [0.3, 0.4) is 0 Å². The van der Waals surface area contributed by atoms with Gasteiger partial charge in [-0.15, -0.1) is 0 Å². The normalized spacial score (nSPS) is 12.4. The van der Waals surface area contributed by atoms with E-state index in [0.29, 0.717) is 19.3 Å². The third-order valence-electron chi connectivity index (χ3n) is 11.6. The maximum Gasteiger partial charge on any atom is 0.306 e. The van der Waals surface area contributed by atoms with Crippen LogP contribution in [0.1, 0.15) is 271 Å². The Balaban J connectivity index is 4.25. The van der Waals surface area contributed by atoms with Gasteiger partial charge in [0.05, 0.1) is 0 Å². The molecular formula is C56H100O6. The predicted octanol–water partition coefficient (Wildman–Crippen LogP) is 17.5. The molecule has 0 aliphatic rings. The molecule has 6 heteroatoms. The van der Waals surface area contributed by atoms with Crippen LogP contribution in [0.5, 0.6) is 0 Å². The SMILES string of the molecule is CC/C=C\C/C=C\C/C=C\C/C=C\CCCCCCCCCCC(=O)OCC(COC(=O)CCCCCCCCCC)OC(=O)CCCCCCCCCCCCCCCCC. The van der Waals surface area contributed by atoms with Gasteiger partial charge in [0.15, 0.2) is 6.10 Å². The zero-order valence-electron chi connectivity index (χ0n) is 41.1. The molecule has 62 heavy (non-hydrogen) atoms.